The van der Waals surface area contributed by atoms with E-state index in [2.05, 4.69) is 15.1 Å². The Kier molecular flexibility index (Phi) is 9.98. The summed E-state index contributed by atoms with van der Waals surface area (Å²) >= 11 is 0. The number of carbonyl (C=O) groups is 5. The van der Waals surface area contributed by atoms with Crippen molar-refractivity contribution in [3.05, 3.63) is 29.3 Å². The van der Waals surface area contributed by atoms with Crippen LogP contribution in [0, 0.1) is 0 Å². The van der Waals surface area contributed by atoms with Crippen LogP contribution in [0.4, 0.5) is 5.69 Å². The van der Waals surface area contributed by atoms with Gasteiger partial charge < -0.3 is 24.2 Å². The third-order valence-electron chi connectivity index (χ3n) is 6.92. The lowest BCUT2D eigenvalue weighted by Gasteiger charge is -2.36. The number of carboxylic acid groups (broad SMARTS) is 1. The Morgan fingerprint density at radius 2 is 1.56 bits per heavy atom. The number of ether oxygens (including phenoxy) is 3. The zero-order valence-electron chi connectivity index (χ0n) is 21.8. The number of benzene rings is 1. The molecule has 1 aromatic carbocycles. The molecule has 3 aliphatic rings. The van der Waals surface area contributed by atoms with E-state index in [0.29, 0.717) is 57.4 Å². The first-order valence-corrected chi connectivity index (χ1v) is 13.1. The Morgan fingerprint density at radius 1 is 0.897 bits per heavy atom. The third kappa shape index (κ3) is 7.18. The monoisotopic (exact) mass is 546 g/mol. The lowest BCUT2D eigenvalue weighted by atomic mass is 10.0. The van der Waals surface area contributed by atoms with Crippen molar-refractivity contribution in [2.45, 2.75) is 25.3 Å². The molecule has 2 saturated heterocycles. The van der Waals surface area contributed by atoms with Gasteiger partial charge in [-0.25, -0.2) is 0 Å². The largest absolute Gasteiger partial charge is 0.481 e. The van der Waals surface area contributed by atoms with Crippen LogP contribution in [0.3, 0.4) is 0 Å². The molecule has 0 spiro atoms. The molecule has 0 aromatic heterocycles. The highest BCUT2D eigenvalue weighted by Gasteiger charge is 2.46. The zero-order chi connectivity index (χ0) is 27.8. The summed E-state index contributed by atoms with van der Waals surface area (Å²) in [6.07, 6.45) is 0.188. The minimum absolute atomic E-state index is 0.0219. The van der Waals surface area contributed by atoms with Crippen LogP contribution < -0.4 is 10.2 Å². The normalized spacial score (nSPS) is 19.9. The maximum Gasteiger partial charge on any atom is 0.305 e. The van der Waals surface area contributed by atoms with Crippen molar-refractivity contribution >= 4 is 35.3 Å². The maximum absolute atomic E-state index is 13.3. The first kappa shape index (κ1) is 28.6. The summed E-state index contributed by atoms with van der Waals surface area (Å²) in [6.45, 7) is 5.93. The summed E-state index contributed by atoms with van der Waals surface area (Å²) < 4.78 is 16.2. The number of anilines is 1. The molecule has 4 rings (SSSR count). The van der Waals surface area contributed by atoms with E-state index in [1.54, 1.807) is 12.1 Å². The fraction of sp³-hybridized carbons (Fsp3) is 0.577. The van der Waals surface area contributed by atoms with E-state index in [1.165, 1.54) is 0 Å². The zero-order valence-corrected chi connectivity index (χ0v) is 21.8. The molecule has 1 aromatic rings. The van der Waals surface area contributed by atoms with Crippen LogP contribution in [-0.4, -0.2) is 123 Å². The van der Waals surface area contributed by atoms with Crippen molar-refractivity contribution in [1.29, 1.82) is 0 Å². The van der Waals surface area contributed by atoms with Gasteiger partial charge in [0.1, 0.15) is 6.04 Å². The first-order valence-electron chi connectivity index (χ1n) is 13.1. The molecule has 4 amide bonds. The molecular formula is C26H34N4O9. The number of aliphatic carboxylic acids is 1. The molecule has 1 unspecified atom stereocenters. The van der Waals surface area contributed by atoms with E-state index in [-0.39, 0.29) is 31.4 Å². The number of amides is 4. The smallest absolute Gasteiger partial charge is 0.305 e. The lowest BCUT2D eigenvalue weighted by molar-refractivity contribution is -0.138. The van der Waals surface area contributed by atoms with Crippen molar-refractivity contribution in [1.82, 2.24) is 15.1 Å². The first-order chi connectivity index (χ1) is 18.9. The summed E-state index contributed by atoms with van der Waals surface area (Å²) in [5.41, 5.74) is 1.28. The summed E-state index contributed by atoms with van der Waals surface area (Å²) in [6, 6.07) is 4.20. The predicted molar refractivity (Wildman–Crippen MR) is 136 cm³/mol. The molecule has 1 atom stereocenters. The van der Waals surface area contributed by atoms with Crippen LogP contribution >= 0.6 is 0 Å². The van der Waals surface area contributed by atoms with Gasteiger partial charge >= 0.3 is 5.97 Å². The van der Waals surface area contributed by atoms with E-state index in [9.17, 15) is 24.0 Å². The number of nitrogens with zero attached hydrogens (tertiary/aromatic N) is 3. The third-order valence-corrected chi connectivity index (χ3v) is 6.92. The van der Waals surface area contributed by atoms with Gasteiger partial charge in [0.05, 0.1) is 62.9 Å². The molecule has 2 fully saturated rings. The van der Waals surface area contributed by atoms with Crippen LogP contribution in [0.2, 0.25) is 0 Å². The highest BCUT2D eigenvalue weighted by atomic mass is 16.5. The minimum Gasteiger partial charge on any atom is -0.481 e. The molecule has 212 valence electrons. The quantitative estimate of drug-likeness (QED) is 0.234. The Morgan fingerprint density at radius 3 is 2.23 bits per heavy atom. The highest BCUT2D eigenvalue weighted by Crippen LogP contribution is 2.34. The highest BCUT2D eigenvalue weighted by molar-refractivity contribution is 6.25. The van der Waals surface area contributed by atoms with E-state index < -0.39 is 35.6 Å². The number of carbonyl (C=O) groups excluding carboxylic acids is 4. The van der Waals surface area contributed by atoms with E-state index >= 15 is 0 Å². The van der Waals surface area contributed by atoms with Crippen molar-refractivity contribution < 1.29 is 43.3 Å². The number of rotatable bonds is 14. The fourth-order valence-corrected chi connectivity index (χ4v) is 4.87. The number of piperidine rings is 1. The summed E-state index contributed by atoms with van der Waals surface area (Å²) in [7, 11) is 0. The van der Waals surface area contributed by atoms with Gasteiger partial charge in [-0.2, -0.15) is 0 Å². The molecule has 2 N–H and O–H groups in total. The molecule has 0 bridgehead atoms. The second-order valence-electron chi connectivity index (χ2n) is 9.46. The second-order valence-corrected chi connectivity index (χ2v) is 9.46. The van der Waals surface area contributed by atoms with Gasteiger partial charge in [-0.15, -0.1) is 0 Å². The standard InChI is InChI=1S/C26H34N4O9/c31-21-5-4-20(24(34)27-21)30-25(35)18-2-1-3-19(23(18)26(30)36)29-9-7-28(8-10-29)11-13-38-15-17-39-16-14-37-12-6-22(32)33/h1-3,20H,4-17H2,(H,32,33)(H,27,31,34). The Bertz CT molecular complexity index is 1090. The second kappa shape index (κ2) is 13.6. The average molecular weight is 547 g/mol. The maximum atomic E-state index is 13.3. The Labute approximate surface area is 225 Å². The molecule has 13 nitrogen and oxygen atoms in total. The minimum atomic E-state index is -0.984. The SMILES string of the molecule is O=C(O)CCOCCOCCOCCN1CCN(c2cccc3c2C(=O)N(C2CCC(=O)NC2=O)C3=O)CC1. The number of piperazine rings is 1. The Balaban J connectivity index is 1.19. The molecule has 39 heavy (non-hydrogen) atoms. The summed E-state index contributed by atoms with van der Waals surface area (Å²) in [4.78, 5) is 66.0. The van der Waals surface area contributed by atoms with E-state index in [1.807, 2.05) is 6.07 Å². The van der Waals surface area contributed by atoms with Gasteiger partial charge in [0.15, 0.2) is 0 Å². The number of imide groups is 2. The van der Waals surface area contributed by atoms with Gasteiger partial charge in [0.25, 0.3) is 11.8 Å². The fourth-order valence-electron chi connectivity index (χ4n) is 4.87. The van der Waals surface area contributed by atoms with Gasteiger partial charge in [0, 0.05) is 39.1 Å². The average Bonchev–Trinajstić information content (AvgIpc) is 3.17. The molecule has 13 heteroatoms. The molecule has 3 heterocycles. The molecule has 3 aliphatic heterocycles. The van der Waals surface area contributed by atoms with Gasteiger partial charge in [0.2, 0.25) is 11.8 Å². The van der Waals surface area contributed by atoms with Crippen LogP contribution in [0.15, 0.2) is 18.2 Å². The number of fused-ring (bicyclic) bond motifs is 1. The van der Waals surface area contributed by atoms with Gasteiger partial charge in [-0.3, -0.25) is 39.1 Å². The van der Waals surface area contributed by atoms with E-state index in [0.717, 1.165) is 24.5 Å². The van der Waals surface area contributed by atoms with Gasteiger partial charge in [-0.1, -0.05) is 6.07 Å². The van der Waals surface area contributed by atoms with Crippen molar-refractivity contribution in [3.8, 4) is 0 Å². The molecular weight excluding hydrogens is 512 g/mol. The van der Waals surface area contributed by atoms with Crippen molar-refractivity contribution in [2.24, 2.45) is 0 Å². The van der Waals surface area contributed by atoms with Crippen molar-refractivity contribution in [3.63, 3.8) is 0 Å². The Hall–Kier alpha value is -3.39. The summed E-state index contributed by atoms with van der Waals surface area (Å²) in [5, 5.41) is 10.8. The molecule has 0 radical (unpaired) electrons. The number of hydrogen-bond acceptors (Lipinski definition) is 10. The van der Waals surface area contributed by atoms with Crippen molar-refractivity contribution in [2.75, 3.05) is 77.3 Å². The molecule has 0 saturated carbocycles. The number of nitrogens with one attached hydrogen (secondary N) is 1. The van der Waals surface area contributed by atoms with Crippen LogP contribution in [0.5, 0.6) is 0 Å². The molecule has 0 aliphatic carbocycles. The number of hydrogen-bond donors (Lipinski definition) is 2. The summed E-state index contributed by atoms with van der Waals surface area (Å²) in [5.74, 6) is -2.91. The van der Waals surface area contributed by atoms with Crippen LogP contribution in [0.25, 0.3) is 0 Å². The predicted octanol–water partition coefficient (Wildman–Crippen LogP) is -0.266. The van der Waals surface area contributed by atoms with Crippen LogP contribution in [0.1, 0.15) is 40.0 Å². The lowest BCUT2D eigenvalue weighted by Crippen LogP contribution is -2.54. The van der Waals surface area contributed by atoms with Gasteiger partial charge in [-0.05, 0) is 18.6 Å². The topological polar surface area (TPSA) is 155 Å². The van der Waals surface area contributed by atoms with E-state index in [4.69, 9.17) is 19.3 Å². The number of carboxylic acids is 1. The van der Waals surface area contributed by atoms with Crippen LogP contribution in [-0.2, 0) is 28.6 Å².